The highest BCUT2D eigenvalue weighted by molar-refractivity contribution is 6.27. The molecule has 1 unspecified atom stereocenters. The van der Waals surface area contributed by atoms with E-state index in [-0.39, 0.29) is 17.5 Å². The lowest BCUT2D eigenvalue weighted by Gasteiger charge is -2.16. The van der Waals surface area contributed by atoms with E-state index in [0.29, 0.717) is 17.6 Å². The van der Waals surface area contributed by atoms with Gasteiger partial charge in [0.25, 0.3) is 0 Å². The van der Waals surface area contributed by atoms with Crippen LogP contribution in [0.15, 0.2) is 35.5 Å². The smallest absolute Gasteiger partial charge is 0.196 e. The molecule has 0 fully saturated rings. The largest absolute Gasteiger partial charge is 0.294 e. The zero-order chi connectivity index (χ0) is 15.0. The molecule has 0 saturated heterocycles. The van der Waals surface area contributed by atoms with Gasteiger partial charge >= 0.3 is 0 Å². The van der Waals surface area contributed by atoms with E-state index in [1.807, 2.05) is 20.8 Å². The van der Waals surface area contributed by atoms with Crippen LogP contribution in [0.1, 0.15) is 53.9 Å². The molecule has 0 aromatic heterocycles. The number of Topliss-reactive ketones (excluding diaryl/α,β-unsaturated/α-hetero) is 2. The molecule has 0 N–H and O–H groups in total. The van der Waals surface area contributed by atoms with Crippen molar-refractivity contribution < 1.29 is 9.59 Å². The summed E-state index contributed by atoms with van der Waals surface area (Å²) in [6, 6.07) is 0. The van der Waals surface area contributed by atoms with E-state index in [2.05, 4.69) is 13.5 Å². The van der Waals surface area contributed by atoms with Gasteiger partial charge in [-0.15, -0.1) is 0 Å². The third kappa shape index (κ3) is 4.62. The summed E-state index contributed by atoms with van der Waals surface area (Å²) in [6.07, 6.45) is 5.48. The van der Waals surface area contributed by atoms with E-state index >= 15 is 0 Å². The van der Waals surface area contributed by atoms with Crippen molar-refractivity contribution in [1.29, 1.82) is 0 Å². The van der Waals surface area contributed by atoms with Crippen LogP contribution in [-0.2, 0) is 9.59 Å². The van der Waals surface area contributed by atoms with E-state index in [4.69, 9.17) is 0 Å². The fourth-order valence-electron chi connectivity index (χ4n) is 1.90. The van der Waals surface area contributed by atoms with Crippen molar-refractivity contribution >= 4 is 11.6 Å². The van der Waals surface area contributed by atoms with Gasteiger partial charge in [-0.3, -0.25) is 9.59 Å². The number of rotatable bonds is 8. The molecular weight excluding hydrogens is 236 g/mol. The first-order valence-corrected chi connectivity index (χ1v) is 7.04. The first-order valence-electron chi connectivity index (χ1n) is 7.04. The molecule has 0 rings (SSSR count). The second-order valence-electron chi connectivity index (χ2n) is 4.74. The van der Waals surface area contributed by atoms with E-state index in [1.165, 1.54) is 0 Å². The number of ketones is 2. The Kier molecular flexibility index (Phi) is 7.97. The van der Waals surface area contributed by atoms with E-state index < -0.39 is 0 Å². The number of hydrogen-bond acceptors (Lipinski definition) is 2. The van der Waals surface area contributed by atoms with Crippen LogP contribution < -0.4 is 0 Å². The summed E-state index contributed by atoms with van der Waals surface area (Å²) >= 11 is 0. The van der Waals surface area contributed by atoms with Crippen LogP contribution in [0, 0.1) is 5.92 Å². The zero-order valence-electron chi connectivity index (χ0n) is 12.9. The van der Waals surface area contributed by atoms with Crippen LogP contribution in [0.4, 0.5) is 0 Å². The number of carbonyl (C=O) groups excluding carboxylic acids is 2. The van der Waals surface area contributed by atoms with Gasteiger partial charge < -0.3 is 0 Å². The van der Waals surface area contributed by atoms with Gasteiger partial charge in [0.2, 0.25) is 0 Å². The van der Waals surface area contributed by atoms with E-state index in [9.17, 15) is 9.59 Å². The van der Waals surface area contributed by atoms with Gasteiger partial charge in [-0.25, -0.2) is 0 Å². The lowest BCUT2D eigenvalue weighted by molar-refractivity contribution is -0.119. The zero-order valence-corrected chi connectivity index (χ0v) is 12.9. The third-order valence-corrected chi connectivity index (χ3v) is 3.40. The lowest BCUT2D eigenvalue weighted by atomic mass is 9.87. The minimum absolute atomic E-state index is 0.0775. The van der Waals surface area contributed by atoms with Crippen molar-refractivity contribution in [3.8, 4) is 0 Å². The van der Waals surface area contributed by atoms with E-state index in [1.54, 1.807) is 19.1 Å². The predicted molar refractivity (Wildman–Crippen MR) is 81.0 cm³/mol. The minimum Gasteiger partial charge on any atom is -0.294 e. The Balaban J connectivity index is 5.26. The molecule has 0 amide bonds. The van der Waals surface area contributed by atoms with Gasteiger partial charge in [0.15, 0.2) is 11.6 Å². The van der Waals surface area contributed by atoms with Gasteiger partial charge in [0, 0.05) is 12.0 Å². The SMILES string of the molecule is C=C(/C(=C\C)C(=O)/C(=C\C)C(=O)CCC)C(C)CC. The Morgan fingerprint density at radius 1 is 1.11 bits per heavy atom. The second kappa shape index (κ2) is 8.63. The summed E-state index contributed by atoms with van der Waals surface area (Å²) in [5.74, 6) is -0.0189. The summed E-state index contributed by atoms with van der Waals surface area (Å²) in [7, 11) is 0. The molecule has 1 atom stereocenters. The van der Waals surface area contributed by atoms with Gasteiger partial charge in [-0.05, 0) is 38.2 Å². The summed E-state index contributed by atoms with van der Waals surface area (Å²) in [5.41, 5.74) is 1.69. The van der Waals surface area contributed by atoms with Gasteiger partial charge in [-0.2, -0.15) is 0 Å². The molecule has 0 aliphatic rings. The molecule has 0 aromatic carbocycles. The first kappa shape index (κ1) is 17.6. The maximum atomic E-state index is 12.5. The molecule has 0 heterocycles. The van der Waals surface area contributed by atoms with Crippen LogP contribution in [0.5, 0.6) is 0 Å². The fourth-order valence-corrected chi connectivity index (χ4v) is 1.90. The Bertz CT molecular complexity index is 411. The average Bonchev–Trinajstić information content (AvgIpc) is 2.39. The van der Waals surface area contributed by atoms with Crippen molar-refractivity contribution in [2.45, 2.75) is 53.9 Å². The van der Waals surface area contributed by atoms with E-state index in [0.717, 1.165) is 18.4 Å². The average molecular weight is 262 g/mol. The monoisotopic (exact) mass is 262 g/mol. The first-order chi connectivity index (χ1) is 8.94. The van der Waals surface area contributed by atoms with Gasteiger partial charge in [0.05, 0.1) is 5.57 Å². The summed E-state index contributed by atoms with van der Waals surface area (Å²) < 4.78 is 0. The van der Waals surface area contributed by atoms with Crippen LogP contribution >= 0.6 is 0 Å². The van der Waals surface area contributed by atoms with Crippen LogP contribution in [0.25, 0.3) is 0 Å². The maximum absolute atomic E-state index is 12.5. The summed E-state index contributed by atoms with van der Waals surface area (Å²) in [4.78, 5) is 24.4. The van der Waals surface area contributed by atoms with Crippen molar-refractivity contribution in [1.82, 2.24) is 0 Å². The molecule has 0 spiro atoms. The molecule has 19 heavy (non-hydrogen) atoms. The predicted octanol–water partition coefficient (Wildman–Crippen LogP) is 4.42. The normalized spacial score (nSPS) is 14.2. The van der Waals surface area contributed by atoms with Crippen molar-refractivity contribution in [3.05, 3.63) is 35.5 Å². The minimum atomic E-state index is -0.186. The Labute approximate surface area is 117 Å². The quantitative estimate of drug-likeness (QED) is 0.281. The highest BCUT2D eigenvalue weighted by atomic mass is 16.1. The molecule has 106 valence electrons. The molecule has 0 aliphatic heterocycles. The molecule has 0 aromatic rings. The molecule has 0 radical (unpaired) electrons. The molecule has 2 heteroatoms. The summed E-state index contributed by atoms with van der Waals surface area (Å²) in [5, 5.41) is 0. The molecular formula is C17H26O2. The van der Waals surface area contributed by atoms with Crippen LogP contribution in [0.2, 0.25) is 0 Å². The lowest BCUT2D eigenvalue weighted by Crippen LogP contribution is -2.17. The Hall–Kier alpha value is -1.44. The molecule has 0 aliphatic carbocycles. The van der Waals surface area contributed by atoms with Crippen molar-refractivity contribution in [2.75, 3.05) is 0 Å². The molecule has 2 nitrogen and oxygen atoms in total. The highest BCUT2D eigenvalue weighted by Crippen LogP contribution is 2.24. The third-order valence-electron chi connectivity index (χ3n) is 3.40. The maximum Gasteiger partial charge on any atom is 0.196 e. The topological polar surface area (TPSA) is 34.1 Å². The van der Waals surface area contributed by atoms with Gasteiger partial charge in [0.1, 0.15) is 0 Å². The van der Waals surface area contributed by atoms with Gasteiger partial charge in [-0.1, -0.05) is 39.5 Å². The molecule has 0 bridgehead atoms. The number of allylic oxidation sites excluding steroid dienone is 5. The molecule has 0 saturated carbocycles. The number of carbonyl (C=O) groups is 2. The van der Waals surface area contributed by atoms with Crippen LogP contribution in [-0.4, -0.2) is 11.6 Å². The van der Waals surface area contributed by atoms with Crippen LogP contribution in [0.3, 0.4) is 0 Å². The Morgan fingerprint density at radius 2 is 1.63 bits per heavy atom. The summed E-state index contributed by atoms with van der Waals surface area (Å²) in [6.45, 7) is 13.6. The number of hydrogen-bond donors (Lipinski definition) is 0. The fraction of sp³-hybridized carbons (Fsp3) is 0.529. The van der Waals surface area contributed by atoms with Crippen molar-refractivity contribution in [3.63, 3.8) is 0 Å². The van der Waals surface area contributed by atoms with Crippen molar-refractivity contribution in [2.24, 2.45) is 5.92 Å². The standard InChI is InChI=1S/C17H26O2/c1-7-11-16(18)15(10-4)17(19)14(9-3)13(6)12(5)8-2/h9-10,12H,6-8,11H2,1-5H3/b14-9+,15-10-. The highest BCUT2D eigenvalue weighted by Gasteiger charge is 2.23. The second-order valence-corrected chi connectivity index (χ2v) is 4.74. The Morgan fingerprint density at radius 3 is 2.00 bits per heavy atom.